The Hall–Kier alpha value is -2.08. The van der Waals surface area contributed by atoms with Gasteiger partial charge in [0.15, 0.2) is 0 Å². The van der Waals surface area contributed by atoms with Crippen molar-refractivity contribution in [3.05, 3.63) is 35.2 Å². The number of aliphatic carboxylic acids is 1. The van der Waals surface area contributed by atoms with E-state index in [1.54, 1.807) is 11.3 Å². The molecule has 0 atom stereocenters. The fraction of sp³-hybridized carbons (Fsp3) is 0.167. The number of thiophene rings is 1. The molecular formula is C12H12N2O3S. The molecule has 0 saturated heterocycles. The molecule has 2 aromatic rings. The van der Waals surface area contributed by atoms with Crippen molar-refractivity contribution in [2.24, 2.45) is 0 Å². The Morgan fingerprint density at radius 2 is 2.00 bits per heavy atom. The predicted molar refractivity (Wildman–Crippen MR) is 69.7 cm³/mol. The highest BCUT2D eigenvalue weighted by Gasteiger charge is 2.06. The average Bonchev–Trinajstić information content (AvgIpc) is 2.77. The number of amides is 2. The number of rotatable bonds is 4. The fourth-order valence-electron chi connectivity index (χ4n) is 1.56. The van der Waals surface area contributed by atoms with Gasteiger partial charge in [-0.2, -0.15) is 0 Å². The lowest BCUT2D eigenvalue weighted by atomic mass is 10.2. The summed E-state index contributed by atoms with van der Waals surface area (Å²) in [6, 6.07) is 7.46. The van der Waals surface area contributed by atoms with Crippen LogP contribution in [0, 0.1) is 0 Å². The van der Waals surface area contributed by atoms with E-state index in [1.807, 2.05) is 29.6 Å². The van der Waals surface area contributed by atoms with E-state index in [0.29, 0.717) is 6.54 Å². The van der Waals surface area contributed by atoms with Crippen LogP contribution in [-0.4, -0.2) is 23.7 Å². The van der Waals surface area contributed by atoms with E-state index in [1.165, 1.54) is 4.70 Å². The summed E-state index contributed by atoms with van der Waals surface area (Å²) >= 11 is 1.62. The van der Waals surface area contributed by atoms with Gasteiger partial charge in [0.25, 0.3) is 0 Å². The van der Waals surface area contributed by atoms with Crippen LogP contribution in [0.4, 0.5) is 4.79 Å². The molecule has 1 aromatic carbocycles. The van der Waals surface area contributed by atoms with Gasteiger partial charge in [0, 0.05) is 11.2 Å². The molecule has 2 amide bonds. The molecule has 0 radical (unpaired) electrons. The number of benzene rings is 1. The molecule has 0 aliphatic rings. The van der Waals surface area contributed by atoms with Crippen LogP contribution in [0.2, 0.25) is 0 Å². The standard InChI is InChI=1S/C12H12N2O3S/c15-11(16)6-14-12(17)13-5-8-7-18-10-4-2-1-3-9(8)10/h1-4,7H,5-6H2,(H,15,16)(H2,13,14,17). The van der Waals surface area contributed by atoms with Crippen LogP contribution in [0.25, 0.3) is 10.1 Å². The van der Waals surface area contributed by atoms with Crippen LogP contribution in [0.1, 0.15) is 5.56 Å². The van der Waals surface area contributed by atoms with Crippen LogP contribution in [0.15, 0.2) is 29.6 Å². The summed E-state index contributed by atoms with van der Waals surface area (Å²) in [6.45, 7) is 0.00564. The maximum Gasteiger partial charge on any atom is 0.323 e. The normalized spacial score (nSPS) is 10.2. The molecule has 2 rings (SSSR count). The summed E-state index contributed by atoms with van der Waals surface area (Å²) in [4.78, 5) is 21.6. The summed E-state index contributed by atoms with van der Waals surface area (Å²) in [6.07, 6.45) is 0. The maximum atomic E-state index is 11.3. The Bertz CT molecular complexity index is 579. The minimum absolute atomic E-state index is 0.379. The number of carboxylic acids is 1. The van der Waals surface area contributed by atoms with Crippen LogP contribution in [-0.2, 0) is 11.3 Å². The number of fused-ring (bicyclic) bond motifs is 1. The molecule has 94 valence electrons. The first-order valence-corrected chi connectivity index (χ1v) is 6.23. The van der Waals surface area contributed by atoms with E-state index in [0.717, 1.165) is 10.9 Å². The molecule has 0 aliphatic carbocycles. The van der Waals surface area contributed by atoms with Crippen molar-refractivity contribution in [3.63, 3.8) is 0 Å². The molecular weight excluding hydrogens is 252 g/mol. The Labute approximate surface area is 107 Å². The van der Waals surface area contributed by atoms with Gasteiger partial charge >= 0.3 is 12.0 Å². The number of nitrogens with one attached hydrogen (secondary N) is 2. The van der Waals surface area contributed by atoms with Gasteiger partial charge in [0.1, 0.15) is 6.54 Å². The Kier molecular flexibility index (Phi) is 3.78. The Morgan fingerprint density at radius 3 is 2.78 bits per heavy atom. The third-order valence-electron chi connectivity index (χ3n) is 2.40. The molecule has 1 aromatic heterocycles. The van der Waals surface area contributed by atoms with Crippen molar-refractivity contribution < 1.29 is 14.7 Å². The highest BCUT2D eigenvalue weighted by Crippen LogP contribution is 2.25. The molecule has 0 fully saturated rings. The number of carboxylic acid groups (broad SMARTS) is 1. The van der Waals surface area contributed by atoms with Crippen molar-refractivity contribution in [2.45, 2.75) is 6.54 Å². The highest BCUT2D eigenvalue weighted by atomic mass is 32.1. The van der Waals surface area contributed by atoms with Gasteiger partial charge < -0.3 is 15.7 Å². The summed E-state index contributed by atoms with van der Waals surface area (Å²) in [5.74, 6) is -1.06. The number of hydrogen-bond acceptors (Lipinski definition) is 3. The first-order valence-electron chi connectivity index (χ1n) is 5.35. The van der Waals surface area contributed by atoms with Crippen LogP contribution in [0.3, 0.4) is 0 Å². The monoisotopic (exact) mass is 264 g/mol. The number of hydrogen-bond donors (Lipinski definition) is 3. The zero-order chi connectivity index (χ0) is 13.0. The van der Waals surface area contributed by atoms with Gasteiger partial charge in [-0.25, -0.2) is 4.79 Å². The van der Waals surface area contributed by atoms with E-state index in [9.17, 15) is 9.59 Å². The third-order valence-corrected chi connectivity index (χ3v) is 3.41. The van der Waals surface area contributed by atoms with Crippen LogP contribution < -0.4 is 10.6 Å². The van der Waals surface area contributed by atoms with Crippen LogP contribution >= 0.6 is 11.3 Å². The Balaban J connectivity index is 1.94. The summed E-state index contributed by atoms with van der Waals surface area (Å²) in [5.41, 5.74) is 1.03. The molecule has 0 unspecified atom stereocenters. The summed E-state index contributed by atoms with van der Waals surface area (Å²) in [5, 5.41) is 16.4. The zero-order valence-electron chi connectivity index (χ0n) is 9.47. The lowest BCUT2D eigenvalue weighted by Crippen LogP contribution is -2.37. The van der Waals surface area contributed by atoms with E-state index in [-0.39, 0.29) is 6.54 Å². The SMILES string of the molecule is O=C(O)CNC(=O)NCc1csc2ccccc12. The van der Waals surface area contributed by atoms with Crippen molar-refractivity contribution in [1.29, 1.82) is 0 Å². The van der Waals surface area contributed by atoms with E-state index in [4.69, 9.17) is 5.11 Å². The number of carbonyl (C=O) groups is 2. The van der Waals surface area contributed by atoms with Crippen molar-refractivity contribution in [2.75, 3.05) is 6.54 Å². The molecule has 3 N–H and O–H groups in total. The third kappa shape index (κ3) is 2.98. The molecule has 0 bridgehead atoms. The maximum absolute atomic E-state index is 11.3. The molecule has 18 heavy (non-hydrogen) atoms. The van der Waals surface area contributed by atoms with Gasteiger partial charge in [-0.1, -0.05) is 18.2 Å². The van der Waals surface area contributed by atoms with E-state index >= 15 is 0 Å². The van der Waals surface area contributed by atoms with Crippen LogP contribution in [0.5, 0.6) is 0 Å². The number of urea groups is 1. The molecule has 0 spiro atoms. The van der Waals surface area contributed by atoms with Gasteiger partial charge in [-0.15, -0.1) is 11.3 Å². The molecule has 1 heterocycles. The summed E-state index contributed by atoms with van der Waals surface area (Å²) in [7, 11) is 0. The lowest BCUT2D eigenvalue weighted by molar-refractivity contribution is -0.135. The highest BCUT2D eigenvalue weighted by molar-refractivity contribution is 7.17. The zero-order valence-corrected chi connectivity index (χ0v) is 10.3. The van der Waals surface area contributed by atoms with Gasteiger partial charge in [0.2, 0.25) is 0 Å². The largest absolute Gasteiger partial charge is 0.480 e. The van der Waals surface area contributed by atoms with Crippen molar-refractivity contribution in [1.82, 2.24) is 10.6 Å². The Morgan fingerprint density at radius 1 is 1.22 bits per heavy atom. The second-order valence-electron chi connectivity index (χ2n) is 3.69. The minimum atomic E-state index is -1.06. The molecule has 0 aliphatic heterocycles. The fourth-order valence-corrected chi connectivity index (χ4v) is 2.53. The first kappa shape index (κ1) is 12.4. The summed E-state index contributed by atoms with van der Waals surface area (Å²) < 4.78 is 1.17. The van der Waals surface area contributed by atoms with Crippen molar-refractivity contribution >= 4 is 33.4 Å². The number of carbonyl (C=O) groups excluding carboxylic acids is 1. The molecule has 5 nitrogen and oxygen atoms in total. The smallest absolute Gasteiger partial charge is 0.323 e. The van der Waals surface area contributed by atoms with Gasteiger partial charge in [-0.3, -0.25) is 4.79 Å². The topological polar surface area (TPSA) is 78.4 Å². The second kappa shape index (κ2) is 5.50. The first-order chi connectivity index (χ1) is 8.66. The molecule has 6 heteroatoms. The molecule has 0 saturated carbocycles. The minimum Gasteiger partial charge on any atom is -0.480 e. The van der Waals surface area contributed by atoms with Crippen molar-refractivity contribution in [3.8, 4) is 0 Å². The lowest BCUT2D eigenvalue weighted by Gasteiger charge is -2.05. The van der Waals surface area contributed by atoms with E-state index < -0.39 is 12.0 Å². The second-order valence-corrected chi connectivity index (χ2v) is 4.60. The quantitative estimate of drug-likeness (QED) is 0.787. The average molecular weight is 264 g/mol. The van der Waals surface area contributed by atoms with Gasteiger partial charge in [-0.05, 0) is 22.4 Å². The van der Waals surface area contributed by atoms with E-state index in [2.05, 4.69) is 10.6 Å². The predicted octanol–water partition coefficient (Wildman–Crippen LogP) is 1.79. The van der Waals surface area contributed by atoms with Gasteiger partial charge in [0.05, 0.1) is 0 Å².